The number of hydrogen-bond donors (Lipinski definition) is 1. The highest BCUT2D eigenvalue weighted by atomic mass is 19.2. The van der Waals surface area contributed by atoms with Crippen LogP contribution < -0.4 is 5.32 Å². The molecule has 1 aromatic heterocycles. The van der Waals surface area contributed by atoms with Crippen molar-refractivity contribution in [3.63, 3.8) is 0 Å². The molecule has 0 spiro atoms. The normalized spacial score (nSPS) is 16.8. The molecule has 2 aromatic rings. The summed E-state index contributed by atoms with van der Waals surface area (Å²) in [5.74, 6) is -1.74. The van der Waals surface area contributed by atoms with Gasteiger partial charge in [0.15, 0.2) is 11.6 Å². The number of carbonyl (C=O) groups is 1. The molecule has 1 N–H and O–H groups in total. The molecule has 1 aliphatic heterocycles. The zero-order chi connectivity index (χ0) is 16.9. The number of morpholine rings is 1. The average Bonchev–Trinajstić information content (AvgIpc) is 3.12. The van der Waals surface area contributed by atoms with E-state index in [1.54, 1.807) is 12.3 Å². The minimum Gasteiger partial charge on any atom is -0.468 e. The average molecular weight is 336 g/mol. The van der Waals surface area contributed by atoms with Crippen LogP contribution in [0.1, 0.15) is 22.2 Å². The smallest absolute Gasteiger partial charge is 0.251 e. The van der Waals surface area contributed by atoms with Crippen LogP contribution >= 0.6 is 0 Å². The van der Waals surface area contributed by atoms with Gasteiger partial charge < -0.3 is 14.5 Å². The number of halogens is 2. The number of furan rings is 1. The van der Waals surface area contributed by atoms with Crippen LogP contribution in [0.2, 0.25) is 0 Å². The Bertz CT molecular complexity index is 685. The molecule has 24 heavy (non-hydrogen) atoms. The lowest BCUT2D eigenvalue weighted by molar-refractivity contribution is 0.0118. The molecule has 0 bridgehead atoms. The fraction of sp³-hybridized carbons (Fsp3) is 0.353. The molecule has 1 fully saturated rings. The van der Waals surface area contributed by atoms with Crippen molar-refractivity contribution < 1.29 is 22.7 Å². The summed E-state index contributed by atoms with van der Waals surface area (Å²) in [5, 5.41) is 2.76. The number of ether oxygens (including phenoxy) is 1. The molecule has 128 valence electrons. The zero-order valence-corrected chi connectivity index (χ0v) is 13.0. The van der Waals surface area contributed by atoms with Gasteiger partial charge in [0.05, 0.1) is 25.5 Å². The van der Waals surface area contributed by atoms with Gasteiger partial charge in [0.25, 0.3) is 5.91 Å². The van der Waals surface area contributed by atoms with Gasteiger partial charge in [0, 0.05) is 25.2 Å². The lowest BCUT2D eigenvalue weighted by Crippen LogP contribution is -2.43. The molecule has 0 unspecified atom stereocenters. The van der Waals surface area contributed by atoms with E-state index in [9.17, 15) is 13.6 Å². The van der Waals surface area contributed by atoms with Crippen molar-refractivity contribution in [1.29, 1.82) is 0 Å². The minimum atomic E-state index is -1.04. The first-order valence-electron chi connectivity index (χ1n) is 7.73. The van der Waals surface area contributed by atoms with Gasteiger partial charge >= 0.3 is 0 Å². The van der Waals surface area contributed by atoms with Crippen molar-refractivity contribution in [3.05, 3.63) is 59.6 Å². The fourth-order valence-corrected chi connectivity index (χ4v) is 2.71. The molecule has 1 aromatic carbocycles. The van der Waals surface area contributed by atoms with Crippen LogP contribution in [0.15, 0.2) is 41.0 Å². The predicted octanol–water partition coefficient (Wildman–Crippen LogP) is 2.36. The van der Waals surface area contributed by atoms with E-state index in [1.807, 2.05) is 6.07 Å². The summed E-state index contributed by atoms with van der Waals surface area (Å²) in [6.45, 7) is 2.99. The Hall–Kier alpha value is -2.25. The van der Waals surface area contributed by atoms with Gasteiger partial charge in [-0.2, -0.15) is 0 Å². The van der Waals surface area contributed by atoms with E-state index >= 15 is 0 Å². The van der Waals surface area contributed by atoms with Crippen molar-refractivity contribution in [1.82, 2.24) is 10.2 Å². The summed E-state index contributed by atoms with van der Waals surface area (Å²) in [5.41, 5.74) is 0.0778. The van der Waals surface area contributed by atoms with E-state index in [1.165, 1.54) is 6.07 Å². The van der Waals surface area contributed by atoms with Crippen molar-refractivity contribution in [3.8, 4) is 0 Å². The Morgan fingerprint density at radius 3 is 2.67 bits per heavy atom. The summed E-state index contributed by atoms with van der Waals surface area (Å²) in [7, 11) is 0. The van der Waals surface area contributed by atoms with Gasteiger partial charge in [-0.25, -0.2) is 8.78 Å². The van der Waals surface area contributed by atoms with Gasteiger partial charge in [-0.15, -0.1) is 0 Å². The van der Waals surface area contributed by atoms with Gasteiger partial charge in [0.2, 0.25) is 0 Å². The van der Waals surface area contributed by atoms with Crippen molar-refractivity contribution in [2.45, 2.75) is 6.04 Å². The standard InChI is InChI=1S/C17H18F2N2O3/c18-13-4-3-12(10-14(13)19)17(22)20-11-15(16-2-1-7-24-16)21-5-8-23-9-6-21/h1-4,7,10,15H,5-6,8-9,11H2,(H,20,22)/t15-/m1/s1. The predicted molar refractivity (Wildman–Crippen MR) is 82.5 cm³/mol. The van der Waals surface area contributed by atoms with Crippen LogP contribution in [0.4, 0.5) is 8.78 Å². The second kappa shape index (κ2) is 7.55. The van der Waals surface area contributed by atoms with Crippen LogP contribution in [-0.2, 0) is 4.74 Å². The zero-order valence-electron chi connectivity index (χ0n) is 13.0. The highest BCUT2D eigenvalue weighted by Crippen LogP contribution is 2.22. The van der Waals surface area contributed by atoms with E-state index in [4.69, 9.17) is 9.15 Å². The first kappa shape index (κ1) is 16.6. The highest BCUT2D eigenvalue weighted by Gasteiger charge is 2.25. The summed E-state index contributed by atoms with van der Waals surface area (Å²) in [6.07, 6.45) is 1.58. The van der Waals surface area contributed by atoms with Gasteiger partial charge in [-0.3, -0.25) is 9.69 Å². The fourth-order valence-electron chi connectivity index (χ4n) is 2.71. The van der Waals surface area contributed by atoms with Crippen LogP contribution in [0.3, 0.4) is 0 Å². The van der Waals surface area contributed by atoms with Gasteiger partial charge in [-0.1, -0.05) is 0 Å². The summed E-state index contributed by atoms with van der Waals surface area (Å²) in [4.78, 5) is 14.4. The molecule has 0 aliphatic carbocycles. The van der Waals surface area contributed by atoms with Gasteiger partial charge in [0.1, 0.15) is 5.76 Å². The van der Waals surface area contributed by atoms with E-state index < -0.39 is 17.5 Å². The molecule has 1 saturated heterocycles. The minimum absolute atomic E-state index is 0.0778. The number of nitrogens with zero attached hydrogens (tertiary/aromatic N) is 1. The Morgan fingerprint density at radius 2 is 2.00 bits per heavy atom. The molecular formula is C17H18F2N2O3. The first-order valence-corrected chi connectivity index (χ1v) is 7.73. The Morgan fingerprint density at radius 1 is 1.21 bits per heavy atom. The van der Waals surface area contributed by atoms with E-state index in [2.05, 4.69) is 10.2 Å². The number of rotatable bonds is 5. The SMILES string of the molecule is O=C(NC[C@H](c1ccco1)N1CCOCC1)c1ccc(F)c(F)c1. The highest BCUT2D eigenvalue weighted by molar-refractivity contribution is 5.94. The molecule has 7 heteroatoms. The third kappa shape index (κ3) is 3.80. The van der Waals surface area contributed by atoms with E-state index in [0.717, 1.165) is 31.0 Å². The first-order chi connectivity index (χ1) is 11.6. The molecule has 1 atom stereocenters. The molecule has 5 nitrogen and oxygen atoms in total. The molecule has 0 radical (unpaired) electrons. The van der Waals surface area contributed by atoms with Crippen LogP contribution in [-0.4, -0.2) is 43.7 Å². The number of benzene rings is 1. The summed E-state index contributed by atoms with van der Waals surface area (Å²) in [6, 6.07) is 6.59. The largest absolute Gasteiger partial charge is 0.468 e. The quantitative estimate of drug-likeness (QED) is 0.911. The maximum Gasteiger partial charge on any atom is 0.251 e. The number of nitrogens with one attached hydrogen (secondary N) is 1. The van der Waals surface area contributed by atoms with Crippen molar-refractivity contribution in [2.24, 2.45) is 0 Å². The topological polar surface area (TPSA) is 54.7 Å². The van der Waals surface area contributed by atoms with Crippen LogP contribution in [0, 0.1) is 11.6 Å². The molecule has 3 rings (SSSR count). The van der Waals surface area contributed by atoms with E-state index in [-0.39, 0.29) is 11.6 Å². The number of amides is 1. The third-order valence-corrected chi connectivity index (χ3v) is 4.00. The lowest BCUT2D eigenvalue weighted by Gasteiger charge is -2.33. The Labute approximate surface area is 138 Å². The maximum atomic E-state index is 13.3. The molecular weight excluding hydrogens is 318 g/mol. The Balaban J connectivity index is 1.68. The third-order valence-electron chi connectivity index (χ3n) is 4.00. The van der Waals surface area contributed by atoms with Crippen molar-refractivity contribution in [2.75, 3.05) is 32.8 Å². The molecule has 1 aliphatic rings. The molecule has 2 heterocycles. The summed E-state index contributed by atoms with van der Waals surface area (Å²) >= 11 is 0. The maximum absolute atomic E-state index is 13.3. The lowest BCUT2D eigenvalue weighted by atomic mass is 10.1. The van der Waals surface area contributed by atoms with Crippen LogP contribution in [0.25, 0.3) is 0 Å². The second-order valence-electron chi connectivity index (χ2n) is 5.52. The van der Waals surface area contributed by atoms with Crippen molar-refractivity contribution >= 4 is 5.91 Å². The van der Waals surface area contributed by atoms with Crippen LogP contribution in [0.5, 0.6) is 0 Å². The second-order valence-corrected chi connectivity index (χ2v) is 5.52. The molecule has 0 saturated carbocycles. The van der Waals surface area contributed by atoms with E-state index in [0.29, 0.717) is 19.8 Å². The number of hydrogen-bond acceptors (Lipinski definition) is 4. The number of carbonyl (C=O) groups excluding carboxylic acids is 1. The Kier molecular flexibility index (Phi) is 5.22. The molecule has 1 amide bonds. The monoisotopic (exact) mass is 336 g/mol. The van der Waals surface area contributed by atoms with Gasteiger partial charge in [-0.05, 0) is 30.3 Å². The summed E-state index contributed by atoms with van der Waals surface area (Å²) < 4.78 is 37.1.